The Hall–Kier alpha value is -1.90. The molecule has 5 rings (SSSR count). The van der Waals surface area contributed by atoms with Crippen molar-refractivity contribution in [2.24, 2.45) is 0 Å². The Bertz CT molecular complexity index is 1980. The fourth-order valence-electron chi connectivity index (χ4n) is 6.99. The quantitative estimate of drug-likeness (QED) is 0.0338. The predicted octanol–water partition coefficient (Wildman–Crippen LogP) is 8.67. The van der Waals surface area contributed by atoms with E-state index < -0.39 is 118 Å². The van der Waals surface area contributed by atoms with Crippen molar-refractivity contribution in [1.29, 1.82) is 5.41 Å². The molecule has 22 heteroatoms. The Morgan fingerprint density at radius 3 is 1.67 bits per heavy atom. The second kappa shape index (κ2) is 23.8. The van der Waals surface area contributed by atoms with Crippen LogP contribution in [0.2, 0.25) is 18.1 Å². The van der Waals surface area contributed by atoms with E-state index in [0.717, 1.165) is 0 Å². The van der Waals surface area contributed by atoms with Crippen LogP contribution < -0.4 is 0 Å². The van der Waals surface area contributed by atoms with Crippen molar-refractivity contribution in [2.45, 2.75) is 152 Å². The van der Waals surface area contributed by atoms with Gasteiger partial charge in [-0.15, -0.1) is 0 Å². The van der Waals surface area contributed by atoms with Crippen LogP contribution in [0.4, 0.5) is 0 Å². The Morgan fingerprint density at radius 1 is 0.697 bits per heavy atom. The van der Waals surface area contributed by atoms with Gasteiger partial charge in [0.15, 0.2) is 27.0 Å². The molecule has 66 heavy (non-hydrogen) atoms. The number of hydrogen-bond donors (Lipinski definition) is 1. The number of carbonyl (C=O) groups is 4. The van der Waals surface area contributed by atoms with Gasteiger partial charge in [0.05, 0.1) is 27.3 Å². The third kappa shape index (κ3) is 14.8. The summed E-state index contributed by atoms with van der Waals surface area (Å²) in [6.07, 6.45) is -10.4. The molecule has 0 amide bonds. The Balaban J connectivity index is 1.53. The monoisotopic (exact) mass is 1230 g/mol. The van der Waals surface area contributed by atoms with Crippen molar-refractivity contribution in [3.63, 3.8) is 0 Å². The van der Waals surface area contributed by atoms with E-state index in [9.17, 15) is 19.2 Å². The number of carbonyl (C=O) groups excluding carboxylic acids is 4. The van der Waals surface area contributed by atoms with Gasteiger partial charge >= 0.3 is 23.9 Å². The topological polar surface area (TPSA) is 194 Å². The van der Waals surface area contributed by atoms with Crippen molar-refractivity contribution < 1.29 is 71.0 Å². The van der Waals surface area contributed by atoms with E-state index in [1.165, 1.54) is 13.8 Å². The van der Waals surface area contributed by atoms with Gasteiger partial charge in [-0.05, 0) is 55.7 Å². The lowest BCUT2D eigenvalue weighted by molar-refractivity contribution is -0.324. The number of benzene rings is 2. The van der Waals surface area contributed by atoms with Crippen LogP contribution in [0, 0.1) is 5.41 Å². The van der Waals surface area contributed by atoms with Crippen LogP contribution in [-0.2, 0) is 61.4 Å². The second-order valence-corrected chi connectivity index (χ2v) is 27.4. The summed E-state index contributed by atoms with van der Waals surface area (Å²) in [5.74, 6) is -3.54. The minimum absolute atomic E-state index is 0.0311. The van der Waals surface area contributed by atoms with Crippen molar-refractivity contribution in [1.82, 2.24) is 0 Å². The average molecular weight is 1230 g/mol. The molecule has 3 heterocycles. The van der Waals surface area contributed by atoms with Gasteiger partial charge in [0.2, 0.25) is 12.2 Å². The summed E-state index contributed by atoms with van der Waals surface area (Å²) >= 11 is 21.9. The van der Waals surface area contributed by atoms with Crippen molar-refractivity contribution >= 4 is 118 Å². The molecule has 3 aliphatic rings. The molecule has 0 aliphatic carbocycles. The molecule has 16 nitrogen and oxygen atoms in total. The lowest BCUT2D eigenvalue weighted by Gasteiger charge is -2.49. The van der Waals surface area contributed by atoms with Crippen LogP contribution in [0.5, 0.6) is 0 Å². The summed E-state index contributed by atoms with van der Waals surface area (Å²) in [6.45, 7) is 14.4. The molecule has 2 aromatic carbocycles. The van der Waals surface area contributed by atoms with E-state index in [4.69, 9.17) is 92.0 Å². The standard InChI is InChI=1S/C44H56Cl3I2NO15Si/c1-23-28(65-66(7,8)43(4,5)6)19-20-31(57-23)60-36-32(48)40(58-29(21-55-24(2)51)34(36)61-38(53)26-15-11-9-12-16-26)63-35-30(22-56-25(3)52)59-41(64-42(50)44(45,46)47)33(49)37(35)62-39(54)27-17-13-10-14-18-27/h9-18,23,28-37,40-41,50H,19-22H2,1-8H3/t23-,28-,29+,30+,31-,32+,33+,34+,35+,36+,37+,40-,41-/m0/s1. The first-order chi connectivity index (χ1) is 30.9. The third-order valence-corrected chi connectivity index (χ3v) is 19.1. The fraction of sp³-hybridized carbons (Fsp3) is 0.614. The summed E-state index contributed by atoms with van der Waals surface area (Å²) in [4.78, 5) is 52.2. The maximum absolute atomic E-state index is 13.8. The zero-order valence-electron chi connectivity index (χ0n) is 37.6. The molecule has 0 spiro atoms. The van der Waals surface area contributed by atoms with Gasteiger partial charge in [-0.2, -0.15) is 0 Å². The predicted molar refractivity (Wildman–Crippen MR) is 262 cm³/mol. The highest BCUT2D eigenvalue weighted by molar-refractivity contribution is 14.1. The first-order valence-corrected chi connectivity index (χ1v) is 27.7. The minimum atomic E-state index is -2.29. The van der Waals surface area contributed by atoms with Gasteiger partial charge < -0.3 is 51.8 Å². The van der Waals surface area contributed by atoms with Crippen LogP contribution in [-0.4, -0.2) is 131 Å². The summed E-state index contributed by atoms with van der Waals surface area (Å²) < 4.78 is 64.6. The summed E-state index contributed by atoms with van der Waals surface area (Å²) in [5.41, 5.74) is 0.453. The Labute approximate surface area is 428 Å². The highest BCUT2D eigenvalue weighted by Gasteiger charge is 2.56. The molecule has 0 radical (unpaired) electrons. The largest absolute Gasteiger partial charge is 0.463 e. The van der Waals surface area contributed by atoms with Crippen molar-refractivity contribution in [3.05, 3.63) is 71.8 Å². The molecule has 0 aromatic heterocycles. The molecular formula is C44H56Cl3I2NO15Si. The smallest absolute Gasteiger partial charge is 0.338 e. The number of ether oxygens (including phenoxy) is 10. The molecule has 0 bridgehead atoms. The van der Waals surface area contributed by atoms with Crippen LogP contribution in [0.15, 0.2) is 60.7 Å². The normalized spacial score (nSPS) is 30.7. The second-order valence-electron chi connectivity index (χ2n) is 17.5. The lowest BCUT2D eigenvalue weighted by atomic mass is 9.98. The van der Waals surface area contributed by atoms with E-state index in [1.807, 2.05) is 29.5 Å². The van der Waals surface area contributed by atoms with Gasteiger partial charge in [0.1, 0.15) is 47.7 Å². The number of esters is 4. The summed E-state index contributed by atoms with van der Waals surface area (Å²) in [6, 6.07) is 16.5. The van der Waals surface area contributed by atoms with Crippen molar-refractivity contribution in [2.75, 3.05) is 13.2 Å². The van der Waals surface area contributed by atoms with Crippen LogP contribution in [0.1, 0.15) is 75.1 Å². The first-order valence-electron chi connectivity index (χ1n) is 21.2. The lowest BCUT2D eigenvalue weighted by Crippen LogP contribution is -2.65. The van der Waals surface area contributed by atoms with Gasteiger partial charge in [0, 0.05) is 20.3 Å². The number of alkyl halides is 5. The van der Waals surface area contributed by atoms with Crippen LogP contribution >= 0.6 is 80.0 Å². The van der Waals surface area contributed by atoms with E-state index in [1.54, 1.807) is 60.7 Å². The fourth-order valence-corrected chi connectivity index (χ4v) is 10.3. The van der Waals surface area contributed by atoms with Crippen LogP contribution in [0.25, 0.3) is 0 Å². The molecule has 366 valence electrons. The molecule has 3 fully saturated rings. The molecular weight excluding hydrogens is 1170 g/mol. The minimum Gasteiger partial charge on any atom is -0.463 e. The third-order valence-electron chi connectivity index (χ3n) is 11.5. The van der Waals surface area contributed by atoms with E-state index >= 15 is 0 Å². The first kappa shape index (κ1) is 55.0. The van der Waals surface area contributed by atoms with Crippen LogP contribution in [0.3, 0.4) is 0 Å². The van der Waals surface area contributed by atoms with Gasteiger partial charge in [-0.3, -0.25) is 15.0 Å². The molecule has 0 unspecified atom stereocenters. The van der Waals surface area contributed by atoms with E-state index in [-0.39, 0.29) is 28.4 Å². The van der Waals surface area contributed by atoms with Gasteiger partial charge in [-0.25, -0.2) is 9.59 Å². The molecule has 3 aliphatic heterocycles. The zero-order valence-corrected chi connectivity index (χ0v) is 45.2. The highest BCUT2D eigenvalue weighted by atomic mass is 127. The Morgan fingerprint density at radius 2 is 1.18 bits per heavy atom. The zero-order chi connectivity index (χ0) is 48.7. The summed E-state index contributed by atoms with van der Waals surface area (Å²) in [5, 5.41) is 8.28. The van der Waals surface area contributed by atoms with E-state index in [0.29, 0.717) is 12.8 Å². The average Bonchev–Trinajstić information content (AvgIpc) is 3.24. The molecule has 1 N–H and O–H groups in total. The number of halogens is 5. The maximum atomic E-state index is 13.8. The number of rotatable bonds is 15. The molecule has 13 atom stereocenters. The van der Waals surface area contributed by atoms with Gasteiger partial charge in [0.25, 0.3) is 3.79 Å². The molecule has 2 aromatic rings. The number of nitrogens with one attached hydrogen (secondary N) is 1. The number of hydrogen-bond acceptors (Lipinski definition) is 16. The summed E-state index contributed by atoms with van der Waals surface area (Å²) in [7, 11) is -2.17. The highest BCUT2D eigenvalue weighted by Crippen LogP contribution is 2.42. The SMILES string of the molecule is CC(=O)OC[C@H]1O[C@@H](O[C@H]2[C@H](OC(=O)c3ccccc3)[C@@H](I)[C@H](OC(=N)C(Cl)(Cl)Cl)O[C@@H]2COC(C)=O)[C@H](I)[C@@H](O[C@H]2CC[C@H](O[Si](C)(C)C(C)(C)C)[C@H](C)O2)[C@@H]1OC(=O)c1ccccc1. The Kier molecular flexibility index (Phi) is 19.8. The van der Waals surface area contributed by atoms with Gasteiger partial charge in [-0.1, -0.05) is 137 Å². The molecule has 3 saturated heterocycles. The molecule has 0 saturated carbocycles. The maximum Gasteiger partial charge on any atom is 0.338 e. The van der Waals surface area contributed by atoms with E-state index in [2.05, 4.69) is 56.5 Å². The van der Waals surface area contributed by atoms with Crippen molar-refractivity contribution in [3.8, 4) is 0 Å².